The highest BCUT2D eigenvalue weighted by molar-refractivity contribution is 5.72. The SMILES string of the molecule is CC(=O)N(NC1=COOC1)N1CCCCC1. The molecule has 2 aliphatic heterocycles. The topological polar surface area (TPSA) is 54.0 Å². The van der Waals surface area contributed by atoms with E-state index in [4.69, 9.17) is 4.89 Å². The van der Waals surface area contributed by atoms with Crippen LogP contribution in [-0.4, -0.2) is 35.7 Å². The van der Waals surface area contributed by atoms with Crippen LogP contribution in [0.3, 0.4) is 0 Å². The molecule has 2 aliphatic rings. The molecule has 2 rings (SSSR count). The van der Waals surface area contributed by atoms with Crippen molar-refractivity contribution in [3.8, 4) is 0 Å². The Balaban J connectivity index is 1.95. The zero-order valence-corrected chi connectivity index (χ0v) is 9.44. The molecule has 6 nitrogen and oxygen atoms in total. The molecular formula is C10H17N3O3. The van der Waals surface area contributed by atoms with Gasteiger partial charge in [0, 0.05) is 20.0 Å². The number of nitrogens with zero attached hydrogens (tertiary/aromatic N) is 2. The van der Waals surface area contributed by atoms with Crippen LogP contribution in [0.15, 0.2) is 12.0 Å². The van der Waals surface area contributed by atoms with Gasteiger partial charge >= 0.3 is 0 Å². The van der Waals surface area contributed by atoms with Gasteiger partial charge in [0.1, 0.15) is 12.3 Å². The number of rotatable bonds is 3. The first-order valence-electron chi connectivity index (χ1n) is 5.57. The molecule has 6 heteroatoms. The number of hydrogen-bond acceptors (Lipinski definition) is 5. The van der Waals surface area contributed by atoms with E-state index in [1.165, 1.54) is 12.7 Å². The maximum atomic E-state index is 11.5. The van der Waals surface area contributed by atoms with Gasteiger partial charge in [-0.2, -0.15) is 15.0 Å². The average Bonchev–Trinajstić information content (AvgIpc) is 2.79. The van der Waals surface area contributed by atoms with Crippen LogP contribution in [0, 0.1) is 0 Å². The molecule has 0 saturated carbocycles. The van der Waals surface area contributed by atoms with E-state index < -0.39 is 0 Å². The molecule has 1 amide bonds. The van der Waals surface area contributed by atoms with Gasteiger partial charge in [-0.1, -0.05) is 6.42 Å². The summed E-state index contributed by atoms with van der Waals surface area (Å²) in [6.07, 6.45) is 4.95. The number of amides is 1. The molecule has 0 spiro atoms. The third-order valence-corrected chi connectivity index (χ3v) is 2.64. The Morgan fingerprint density at radius 3 is 2.75 bits per heavy atom. The number of hydrogen-bond donors (Lipinski definition) is 1. The van der Waals surface area contributed by atoms with Gasteiger partial charge in [0.15, 0.2) is 6.26 Å². The Bertz CT molecular complexity index is 287. The first-order valence-corrected chi connectivity index (χ1v) is 5.57. The normalized spacial score (nSPS) is 21.2. The standard InChI is InChI=1S/C10H17N3O3/c1-9(14)13(11-10-7-15-16-8-10)12-5-3-2-4-6-12/h7,11H,2-6,8H2,1H3. The van der Waals surface area contributed by atoms with Crippen molar-refractivity contribution in [1.29, 1.82) is 0 Å². The van der Waals surface area contributed by atoms with Crippen LogP contribution in [0.2, 0.25) is 0 Å². The molecule has 0 unspecified atom stereocenters. The Kier molecular flexibility index (Phi) is 3.63. The van der Waals surface area contributed by atoms with Gasteiger partial charge in [-0.15, -0.1) is 0 Å². The molecule has 0 aromatic carbocycles. The van der Waals surface area contributed by atoms with Crippen molar-refractivity contribution in [2.24, 2.45) is 0 Å². The lowest BCUT2D eigenvalue weighted by Gasteiger charge is -2.36. The van der Waals surface area contributed by atoms with Gasteiger partial charge in [-0.05, 0) is 12.8 Å². The van der Waals surface area contributed by atoms with Gasteiger partial charge in [0.25, 0.3) is 5.91 Å². The van der Waals surface area contributed by atoms with Crippen molar-refractivity contribution in [3.05, 3.63) is 12.0 Å². The second-order valence-corrected chi connectivity index (χ2v) is 3.96. The summed E-state index contributed by atoms with van der Waals surface area (Å²) in [6.45, 7) is 3.69. The van der Waals surface area contributed by atoms with E-state index in [0.717, 1.165) is 31.6 Å². The lowest BCUT2D eigenvalue weighted by molar-refractivity contribution is -0.222. The van der Waals surface area contributed by atoms with E-state index in [0.29, 0.717) is 6.61 Å². The maximum absolute atomic E-state index is 11.5. The molecule has 0 aliphatic carbocycles. The molecule has 1 N–H and O–H groups in total. The van der Waals surface area contributed by atoms with Crippen molar-refractivity contribution in [2.45, 2.75) is 26.2 Å². The first-order chi connectivity index (χ1) is 7.77. The average molecular weight is 227 g/mol. The smallest absolute Gasteiger partial charge is 0.252 e. The Morgan fingerprint density at radius 1 is 1.44 bits per heavy atom. The molecule has 0 aromatic heterocycles. The van der Waals surface area contributed by atoms with Gasteiger partial charge in [0.05, 0.1) is 0 Å². The Labute approximate surface area is 94.7 Å². The molecule has 0 bridgehead atoms. The molecule has 90 valence electrons. The quantitative estimate of drug-likeness (QED) is 0.563. The molecule has 0 atom stereocenters. The van der Waals surface area contributed by atoms with E-state index >= 15 is 0 Å². The highest BCUT2D eigenvalue weighted by Gasteiger charge is 2.22. The number of hydrazine groups is 2. The van der Waals surface area contributed by atoms with E-state index in [-0.39, 0.29) is 5.91 Å². The first kappa shape index (κ1) is 11.2. The van der Waals surface area contributed by atoms with E-state index in [1.807, 2.05) is 5.01 Å². The lowest BCUT2D eigenvalue weighted by atomic mass is 10.2. The largest absolute Gasteiger partial charge is 0.343 e. The minimum atomic E-state index is -0.0327. The third kappa shape index (κ3) is 2.65. The van der Waals surface area contributed by atoms with E-state index in [2.05, 4.69) is 10.3 Å². The number of carbonyl (C=O) groups excluding carboxylic acids is 1. The van der Waals surface area contributed by atoms with Crippen LogP contribution in [0.25, 0.3) is 0 Å². The van der Waals surface area contributed by atoms with Crippen molar-refractivity contribution in [3.63, 3.8) is 0 Å². The second-order valence-electron chi connectivity index (χ2n) is 3.96. The molecule has 0 aromatic rings. The van der Waals surface area contributed by atoms with Gasteiger partial charge in [-0.25, -0.2) is 0 Å². The number of carbonyl (C=O) groups is 1. The van der Waals surface area contributed by atoms with E-state index in [1.54, 1.807) is 12.0 Å². The van der Waals surface area contributed by atoms with Gasteiger partial charge in [0.2, 0.25) is 0 Å². The fraction of sp³-hybridized carbons (Fsp3) is 0.700. The van der Waals surface area contributed by atoms with Crippen LogP contribution in [0.5, 0.6) is 0 Å². The minimum absolute atomic E-state index is 0.0327. The summed E-state index contributed by atoms with van der Waals surface area (Å²) in [7, 11) is 0. The minimum Gasteiger partial charge on any atom is -0.343 e. The van der Waals surface area contributed by atoms with Gasteiger partial charge in [-0.3, -0.25) is 10.2 Å². The van der Waals surface area contributed by atoms with Crippen molar-refractivity contribution in [1.82, 2.24) is 15.6 Å². The highest BCUT2D eigenvalue weighted by Crippen LogP contribution is 2.12. The third-order valence-electron chi connectivity index (χ3n) is 2.64. The van der Waals surface area contributed by atoms with Crippen molar-refractivity contribution >= 4 is 5.91 Å². The summed E-state index contributed by atoms with van der Waals surface area (Å²) < 4.78 is 0. The summed E-state index contributed by atoms with van der Waals surface area (Å²) in [5, 5.41) is 3.56. The number of piperidine rings is 1. The molecular weight excluding hydrogens is 210 g/mol. The fourth-order valence-electron chi connectivity index (χ4n) is 1.84. The molecule has 16 heavy (non-hydrogen) atoms. The van der Waals surface area contributed by atoms with Crippen LogP contribution >= 0.6 is 0 Å². The molecule has 1 saturated heterocycles. The predicted molar refractivity (Wildman–Crippen MR) is 56.2 cm³/mol. The Hall–Kier alpha value is -1.27. The summed E-state index contributed by atoms with van der Waals surface area (Å²) in [4.78, 5) is 20.9. The maximum Gasteiger partial charge on any atom is 0.252 e. The lowest BCUT2D eigenvalue weighted by Crippen LogP contribution is -2.54. The predicted octanol–water partition coefficient (Wildman–Crippen LogP) is 0.544. The zero-order chi connectivity index (χ0) is 11.4. The molecule has 0 radical (unpaired) electrons. The van der Waals surface area contributed by atoms with Crippen LogP contribution in [-0.2, 0) is 14.6 Å². The van der Waals surface area contributed by atoms with Crippen molar-refractivity contribution < 1.29 is 14.6 Å². The monoisotopic (exact) mass is 227 g/mol. The molecule has 2 heterocycles. The summed E-state index contributed by atoms with van der Waals surface area (Å²) in [5.74, 6) is -0.0327. The van der Waals surface area contributed by atoms with Crippen LogP contribution in [0.4, 0.5) is 0 Å². The van der Waals surface area contributed by atoms with E-state index in [9.17, 15) is 4.79 Å². The fourth-order valence-corrected chi connectivity index (χ4v) is 1.84. The summed E-state index contributed by atoms with van der Waals surface area (Å²) in [6, 6.07) is 0. The Morgan fingerprint density at radius 2 is 2.19 bits per heavy atom. The van der Waals surface area contributed by atoms with Crippen LogP contribution in [0.1, 0.15) is 26.2 Å². The second kappa shape index (κ2) is 5.18. The highest BCUT2D eigenvalue weighted by atomic mass is 17.2. The summed E-state index contributed by atoms with van der Waals surface area (Å²) >= 11 is 0. The summed E-state index contributed by atoms with van der Waals surface area (Å²) in [5.41, 5.74) is 3.76. The zero-order valence-electron chi connectivity index (χ0n) is 9.44. The van der Waals surface area contributed by atoms with Crippen molar-refractivity contribution in [2.75, 3.05) is 19.7 Å². The van der Waals surface area contributed by atoms with Crippen LogP contribution < -0.4 is 5.43 Å². The number of nitrogens with one attached hydrogen (secondary N) is 1. The van der Waals surface area contributed by atoms with Gasteiger partial charge < -0.3 is 4.89 Å². The molecule has 1 fully saturated rings.